The average molecular weight is 457 g/mol. The van der Waals surface area contributed by atoms with Crippen LogP contribution in [0.4, 0.5) is 0 Å². The number of aliphatic hydroxyl groups excluding tert-OH is 1. The Balaban J connectivity index is 1.90. The van der Waals surface area contributed by atoms with Crippen molar-refractivity contribution in [1.82, 2.24) is 0 Å². The number of rotatable bonds is 6. The van der Waals surface area contributed by atoms with Crippen molar-refractivity contribution in [3.05, 3.63) is 65.2 Å². The summed E-state index contributed by atoms with van der Waals surface area (Å²) in [6.45, 7) is 1.55. The van der Waals surface area contributed by atoms with Crippen LogP contribution in [0.3, 0.4) is 0 Å². The lowest BCUT2D eigenvalue weighted by Crippen LogP contribution is -2.60. The lowest BCUT2D eigenvalue weighted by Gasteiger charge is -2.41. The minimum absolute atomic E-state index is 0.164. The Hall–Kier alpha value is -2.01. The van der Waals surface area contributed by atoms with Crippen LogP contribution in [0.5, 0.6) is 0 Å². The highest BCUT2D eigenvalue weighted by molar-refractivity contribution is 7.86. The monoisotopic (exact) mass is 456 g/mol. The maximum absolute atomic E-state index is 12.8. The molecule has 0 radical (unpaired) electrons. The molecule has 162 valence electrons. The van der Waals surface area contributed by atoms with Gasteiger partial charge < -0.3 is 19.3 Å². The fourth-order valence-corrected chi connectivity index (χ4v) is 4.18. The number of ether oxygens (including phenoxy) is 3. The quantitative estimate of drug-likeness (QED) is 0.521. The smallest absolute Gasteiger partial charge is 0.338 e. The van der Waals surface area contributed by atoms with Crippen molar-refractivity contribution in [1.29, 1.82) is 0 Å². The molecule has 1 aliphatic heterocycles. The normalized spacial score (nSPS) is 26.9. The predicted molar refractivity (Wildman–Crippen MR) is 107 cm³/mol. The van der Waals surface area contributed by atoms with Gasteiger partial charge in [-0.3, -0.25) is 4.18 Å². The van der Waals surface area contributed by atoms with E-state index in [1.165, 1.54) is 43.5 Å². The zero-order chi connectivity index (χ0) is 21.9. The molecule has 0 aliphatic carbocycles. The summed E-state index contributed by atoms with van der Waals surface area (Å²) in [5.74, 6) is -0.749. The molecule has 0 aromatic heterocycles. The fourth-order valence-electron chi connectivity index (χ4n) is 2.98. The summed E-state index contributed by atoms with van der Waals surface area (Å²) in [7, 11) is -3.03. The summed E-state index contributed by atoms with van der Waals surface area (Å²) < 4.78 is 47.0. The SMILES string of the molecule is CO[C@H]1O[C@@H](C)[C@H](O)[C@@H](OC(=O)c2ccccc2)[C@H]1OS(=O)(=O)c1ccc(Cl)cc1. The summed E-state index contributed by atoms with van der Waals surface area (Å²) in [5.41, 5.74) is 0.233. The average Bonchev–Trinajstić information content (AvgIpc) is 2.74. The van der Waals surface area contributed by atoms with Crippen LogP contribution in [0.1, 0.15) is 17.3 Å². The molecule has 0 unspecified atom stereocenters. The van der Waals surface area contributed by atoms with Gasteiger partial charge in [0, 0.05) is 12.1 Å². The molecule has 8 nitrogen and oxygen atoms in total. The lowest BCUT2D eigenvalue weighted by atomic mass is 9.99. The van der Waals surface area contributed by atoms with Gasteiger partial charge in [-0.25, -0.2) is 4.79 Å². The van der Waals surface area contributed by atoms with Gasteiger partial charge >= 0.3 is 5.97 Å². The van der Waals surface area contributed by atoms with E-state index >= 15 is 0 Å². The summed E-state index contributed by atoms with van der Waals surface area (Å²) in [4.78, 5) is 12.4. The zero-order valence-electron chi connectivity index (χ0n) is 16.2. The molecule has 0 amide bonds. The molecule has 2 aromatic carbocycles. The van der Waals surface area contributed by atoms with Crippen molar-refractivity contribution < 1.29 is 36.7 Å². The highest BCUT2D eigenvalue weighted by Gasteiger charge is 2.49. The third-order valence-corrected chi connectivity index (χ3v) is 6.16. The van der Waals surface area contributed by atoms with E-state index in [0.717, 1.165) is 0 Å². The molecule has 0 bridgehead atoms. The molecule has 30 heavy (non-hydrogen) atoms. The first kappa shape index (κ1) is 22.7. The van der Waals surface area contributed by atoms with Gasteiger partial charge in [0.15, 0.2) is 18.5 Å². The van der Waals surface area contributed by atoms with E-state index in [2.05, 4.69) is 0 Å². The number of hydrogen-bond acceptors (Lipinski definition) is 8. The molecule has 3 rings (SSSR count). The first-order valence-electron chi connectivity index (χ1n) is 9.04. The zero-order valence-corrected chi connectivity index (χ0v) is 17.7. The van der Waals surface area contributed by atoms with Gasteiger partial charge in [-0.05, 0) is 43.3 Å². The van der Waals surface area contributed by atoms with Crippen molar-refractivity contribution in [2.75, 3.05) is 7.11 Å². The second-order valence-corrected chi connectivity index (χ2v) is 8.65. The van der Waals surface area contributed by atoms with Gasteiger partial charge in [0.2, 0.25) is 0 Å². The Kier molecular flexibility index (Phi) is 7.12. The van der Waals surface area contributed by atoms with E-state index in [1.54, 1.807) is 25.1 Å². The third-order valence-electron chi connectivity index (χ3n) is 4.58. The van der Waals surface area contributed by atoms with Gasteiger partial charge in [-0.2, -0.15) is 8.42 Å². The van der Waals surface area contributed by atoms with Crippen LogP contribution in [0.2, 0.25) is 5.02 Å². The first-order chi connectivity index (χ1) is 14.2. The Morgan fingerprint density at radius 3 is 2.30 bits per heavy atom. The molecular formula is C20H21ClO8S. The van der Waals surface area contributed by atoms with Crippen LogP contribution in [0.15, 0.2) is 59.5 Å². The number of esters is 1. The van der Waals surface area contributed by atoms with E-state index in [9.17, 15) is 18.3 Å². The van der Waals surface area contributed by atoms with Crippen LogP contribution in [0.25, 0.3) is 0 Å². The number of carbonyl (C=O) groups excluding carboxylic acids is 1. The van der Waals surface area contributed by atoms with Gasteiger partial charge in [-0.1, -0.05) is 29.8 Å². The molecule has 1 fully saturated rings. The number of aliphatic hydroxyl groups is 1. The number of hydrogen-bond donors (Lipinski definition) is 1. The molecule has 1 saturated heterocycles. The van der Waals surface area contributed by atoms with Crippen molar-refractivity contribution >= 4 is 27.7 Å². The molecule has 1 N–H and O–H groups in total. The van der Waals surface area contributed by atoms with E-state index in [4.69, 9.17) is 30.0 Å². The maximum atomic E-state index is 12.8. The topological polar surface area (TPSA) is 108 Å². The minimum Gasteiger partial charge on any atom is -0.453 e. The molecular weight excluding hydrogens is 436 g/mol. The van der Waals surface area contributed by atoms with Crippen molar-refractivity contribution in [3.8, 4) is 0 Å². The summed E-state index contributed by atoms with van der Waals surface area (Å²) >= 11 is 5.81. The van der Waals surface area contributed by atoms with Gasteiger partial charge in [0.25, 0.3) is 10.1 Å². The summed E-state index contributed by atoms with van der Waals surface area (Å²) in [6, 6.07) is 13.4. The van der Waals surface area contributed by atoms with Crippen LogP contribution >= 0.6 is 11.6 Å². The number of benzene rings is 2. The second kappa shape index (κ2) is 9.42. The second-order valence-electron chi connectivity index (χ2n) is 6.64. The molecule has 10 heteroatoms. The van der Waals surface area contributed by atoms with Gasteiger partial charge in [0.05, 0.1) is 16.6 Å². The van der Waals surface area contributed by atoms with E-state index in [-0.39, 0.29) is 10.5 Å². The maximum Gasteiger partial charge on any atom is 0.338 e. The van der Waals surface area contributed by atoms with Crippen molar-refractivity contribution in [2.45, 2.75) is 42.5 Å². The van der Waals surface area contributed by atoms with E-state index < -0.39 is 46.8 Å². The van der Waals surface area contributed by atoms with Crippen LogP contribution in [0, 0.1) is 0 Å². The molecule has 1 heterocycles. The Labute approximate surface area is 179 Å². The Morgan fingerprint density at radius 1 is 1.07 bits per heavy atom. The molecule has 5 atom stereocenters. The Morgan fingerprint density at radius 2 is 1.70 bits per heavy atom. The highest BCUT2D eigenvalue weighted by atomic mass is 35.5. The van der Waals surface area contributed by atoms with Crippen LogP contribution in [-0.4, -0.2) is 57.3 Å². The molecule has 1 aliphatic rings. The van der Waals surface area contributed by atoms with E-state index in [0.29, 0.717) is 5.02 Å². The minimum atomic E-state index is -4.31. The highest BCUT2D eigenvalue weighted by Crippen LogP contribution is 2.30. The van der Waals surface area contributed by atoms with Gasteiger partial charge in [0.1, 0.15) is 6.10 Å². The first-order valence-corrected chi connectivity index (χ1v) is 10.8. The van der Waals surface area contributed by atoms with Gasteiger partial charge in [-0.15, -0.1) is 0 Å². The van der Waals surface area contributed by atoms with Crippen LogP contribution < -0.4 is 0 Å². The lowest BCUT2D eigenvalue weighted by molar-refractivity contribution is -0.278. The number of halogens is 1. The summed E-state index contributed by atoms with van der Waals surface area (Å²) in [5, 5.41) is 10.9. The largest absolute Gasteiger partial charge is 0.453 e. The molecule has 0 spiro atoms. The van der Waals surface area contributed by atoms with Crippen molar-refractivity contribution in [3.63, 3.8) is 0 Å². The predicted octanol–water partition coefficient (Wildman–Crippen LogP) is 2.39. The summed E-state index contributed by atoms with van der Waals surface area (Å²) in [6.07, 6.45) is -6.18. The van der Waals surface area contributed by atoms with Crippen LogP contribution in [-0.2, 0) is 28.5 Å². The third kappa shape index (κ3) is 5.00. The van der Waals surface area contributed by atoms with Crippen molar-refractivity contribution in [2.24, 2.45) is 0 Å². The molecule has 2 aromatic rings. The van der Waals surface area contributed by atoms with E-state index in [1.807, 2.05) is 0 Å². The Bertz CT molecular complexity index is 964. The fraction of sp³-hybridized carbons (Fsp3) is 0.350. The number of carbonyl (C=O) groups is 1. The number of methoxy groups -OCH3 is 1. The molecule has 0 saturated carbocycles. The standard InChI is InChI=1S/C20H21ClO8S/c1-12-16(22)17(28-19(23)13-6-4-3-5-7-13)18(20(26-2)27-12)29-30(24,25)15-10-8-14(21)9-11-15/h3-12,16-18,20,22H,1-2H3/t12-,16-,17+,18+,20-/m0/s1.